The number of piperazine rings is 1. The van der Waals surface area contributed by atoms with Crippen LogP contribution in [-0.4, -0.2) is 51.6 Å². The summed E-state index contributed by atoms with van der Waals surface area (Å²) in [6.45, 7) is 5.60. The number of carbonyl (C=O) groups excluding carboxylic acids is 2. The highest BCUT2D eigenvalue weighted by Crippen LogP contribution is 2.17. The first-order chi connectivity index (χ1) is 15.1. The topological polar surface area (TPSA) is 67.1 Å². The molecule has 0 aliphatic carbocycles. The van der Waals surface area contributed by atoms with Crippen LogP contribution in [0.2, 0.25) is 0 Å². The first kappa shape index (κ1) is 21.0. The molecule has 1 aliphatic rings. The van der Waals surface area contributed by atoms with Crippen molar-refractivity contribution in [2.45, 2.75) is 6.54 Å². The van der Waals surface area contributed by atoms with E-state index in [0.717, 1.165) is 38.4 Å². The van der Waals surface area contributed by atoms with Gasteiger partial charge in [-0.25, -0.2) is 0 Å². The summed E-state index contributed by atoms with van der Waals surface area (Å²) < 4.78 is 0. The predicted octanol–water partition coefficient (Wildman–Crippen LogP) is 0.122. The maximum absolute atomic E-state index is 12.5. The summed E-state index contributed by atoms with van der Waals surface area (Å²) in [5.41, 5.74) is 2.70. The van der Waals surface area contributed by atoms with Crippen LogP contribution in [0.4, 0.5) is 5.69 Å². The molecule has 1 fully saturated rings. The molecule has 0 unspecified atom stereocenters. The highest BCUT2D eigenvalue weighted by atomic mass is 16.2. The number of benzene rings is 3. The van der Waals surface area contributed by atoms with Gasteiger partial charge in [0, 0.05) is 23.9 Å². The van der Waals surface area contributed by atoms with Gasteiger partial charge >= 0.3 is 0 Å². The van der Waals surface area contributed by atoms with Crippen molar-refractivity contribution in [3.05, 3.63) is 77.9 Å². The molecule has 0 saturated carbocycles. The summed E-state index contributed by atoms with van der Waals surface area (Å²) in [5.74, 6) is -0.119. The number of hydrogen-bond acceptors (Lipinski definition) is 2. The van der Waals surface area contributed by atoms with Gasteiger partial charge in [0.1, 0.15) is 32.7 Å². The molecule has 6 nitrogen and oxygen atoms in total. The second kappa shape index (κ2) is 9.73. The molecule has 0 spiro atoms. The Kier molecular flexibility index (Phi) is 6.60. The molecule has 160 valence electrons. The maximum Gasteiger partial charge on any atom is 0.279 e. The van der Waals surface area contributed by atoms with Crippen LogP contribution < -0.4 is 20.4 Å². The van der Waals surface area contributed by atoms with E-state index in [1.54, 1.807) is 36.2 Å². The van der Waals surface area contributed by atoms with Crippen molar-refractivity contribution < 1.29 is 19.4 Å². The first-order valence-electron chi connectivity index (χ1n) is 10.9. The number of rotatable bonds is 6. The van der Waals surface area contributed by atoms with Crippen molar-refractivity contribution in [2.75, 3.05) is 45.1 Å². The van der Waals surface area contributed by atoms with Gasteiger partial charge in [-0.05, 0) is 35.0 Å². The van der Waals surface area contributed by atoms with Gasteiger partial charge in [-0.15, -0.1) is 0 Å². The van der Waals surface area contributed by atoms with Gasteiger partial charge in [-0.2, -0.15) is 0 Å². The van der Waals surface area contributed by atoms with Gasteiger partial charge < -0.3 is 20.4 Å². The van der Waals surface area contributed by atoms with Crippen molar-refractivity contribution in [3.8, 4) is 0 Å². The molecule has 6 heteroatoms. The fourth-order valence-corrected chi connectivity index (χ4v) is 4.31. The van der Waals surface area contributed by atoms with Crippen molar-refractivity contribution in [2.24, 2.45) is 0 Å². The van der Waals surface area contributed by atoms with Gasteiger partial charge in [-0.1, -0.05) is 42.5 Å². The van der Waals surface area contributed by atoms with E-state index in [1.807, 2.05) is 0 Å². The van der Waals surface area contributed by atoms with E-state index in [-0.39, 0.29) is 11.8 Å². The normalized spacial score (nSPS) is 18.5. The zero-order valence-corrected chi connectivity index (χ0v) is 17.9. The number of carbonyl (C=O) groups is 2. The van der Waals surface area contributed by atoms with Crippen LogP contribution in [0.25, 0.3) is 10.8 Å². The van der Waals surface area contributed by atoms with Crippen molar-refractivity contribution in [3.63, 3.8) is 0 Å². The molecule has 3 aromatic rings. The molecular weight excluding hydrogens is 388 g/mol. The molecule has 1 aliphatic heterocycles. The third kappa shape index (κ3) is 5.29. The van der Waals surface area contributed by atoms with E-state index in [1.165, 1.54) is 21.2 Å². The molecule has 31 heavy (non-hydrogen) atoms. The summed E-state index contributed by atoms with van der Waals surface area (Å²) in [7, 11) is 1.60. The van der Waals surface area contributed by atoms with Gasteiger partial charge in [0.25, 0.3) is 11.8 Å². The summed E-state index contributed by atoms with van der Waals surface area (Å²) in [6, 6.07) is 22.1. The zero-order valence-electron chi connectivity index (χ0n) is 17.9. The van der Waals surface area contributed by atoms with E-state index in [4.69, 9.17) is 0 Å². The standard InChI is InChI=1S/C25H28N4O2/c1-26-25(31)20-9-11-22(12-10-20)27-24(30)18-29-15-13-28(14-16-29)17-21-7-4-6-19-5-2-3-8-23(19)21/h2-12H,13-18H2,1H3,(H,26,31)(H,27,30)/p+2. The Morgan fingerprint density at radius 3 is 2.26 bits per heavy atom. The summed E-state index contributed by atoms with van der Waals surface area (Å²) >= 11 is 0. The average Bonchev–Trinajstić information content (AvgIpc) is 2.80. The van der Waals surface area contributed by atoms with Crippen LogP contribution in [0.1, 0.15) is 15.9 Å². The molecule has 1 saturated heterocycles. The molecule has 0 atom stereocenters. The lowest BCUT2D eigenvalue weighted by Crippen LogP contribution is -3.28. The smallest absolute Gasteiger partial charge is 0.279 e. The van der Waals surface area contributed by atoms with Gasteiger partial charge in [0.15, 0.2) is 6.54 Å². The molecule has 2 amide bonds. The monoisotopic (exact) mass is 418 g/mol. The molecule has 3 aromatic carbocycles. The molecule has 0 aromatic heterocycles. The van der Waals surface area contributed by atoms with Crippen LogP contribution in [0.15, 0.2) is 66.7 Å². The largest absolute Gasteiger partial charge is 0.355 e. The zero-order chi connectivity index (χ0) is 21.6. The average molecular weight is 419 g/mol. The van der Waals surface area contributed by atoms with Crippen molar-refractivity contribution in [1.82, 2.24) is 5.32 Å². The number of nitrogens with one attached hydrogen (secondary N) is 4. The Morgan fingerprint density at radius 2 is 1.52 bits per heavy atom. The Bertz CT molecular complexity index is 1050. The molecular formula is C25H30N4O2+2. The number of amides is 2. The lowest BCUT2D eigenvalue weighted by atomic mass is 10.0. The molecule has 4 rings (SSSR count). The lowest BCUT2D eigenvalue weighted by Gasteiger charge is -2.29. The van der Waals surface area contributed by atoms with E-state index in [0.29, 0.717) is 12.1 Å². The SMILES string of the molecule is CNC(=O)c1ccc(NC(=O)C[NH+]2CC[NH+](Cc3cccc4ccccc34)CC2)cc1. The first-order valence-corrected chi connectivity index (χ1v) is 10.9. The summed E-state index contributed by atoms with van der Waals surface area (Å²) in [5, 5.41) is 8.17. The minimum atomic E-state index is -0.133. The minimum Gasteiger partial charge on any atom is -0.355 e. The van der Waals surface area contributed by atoms with E-state index in [2.05, 4.69) is 53.1 Å². The summed E-state index contributed by atoms with van der Waals surface area (Å²) in [4.78, 5) is 27.0. The maximum atomic E-state index is 12.5. The third-order valence-corrected chi connectivity index (χ3v) is 6.05. The van der Waals surface area contributed by atoms with Gasteiger partial charge in [0.05, 0.1) is 0 Å². The third-order valence-electron chi connectivity index (χ3n) is 6.05. The fraction of sp³-hybridized carbons (Fsp3) is 0.280. The van der Waals surface area contributed by atoms with E-state index >= 15 is 0 Å². The van der Waals surface area contributed by atoms with E-state index < -0.39 is 0 Å². The van der Waals surface area contributed by atoms with Crippen LogP contribution in [0.3, 0.4) is 0 Å². The number of fused-ring (bicyclic) bond motifs is 1. The molecule has 0 radical (unpaired) electrons. The molecule has 4 N–H and O–H groups in total. The Hall–Kier alpha value is -3.22. The van der Waals surface area contributed by atoms with Crippen molar-refractivity contribution in [1.29, 1.82) is 0 Å². The highest BCUT2D eigenvalue weighted by Gasteiger charge is 2.25. The number of hydrogen-bond donors (Lipinski definition) is 4. The van der Waals surface area contributed by atoms with E-state index in [9.17, 15) is 9.59 Å². The van der Waals surface area contributed by atoms with Crippen LogP contribution in [0, 0.1) is 0 Å². The minimum absolute atomic E-state index is 0.0141. The highest BCUT2D eigenvalue weighted by molar-refractivity contribution is 5.95. The fourth-order valence-electron chi connectivity index (χ4n) is 4.31. The number of quaternary nitrogens is 2. The number of anilines is 1. The quantitative estimate of drug-likeness (QED) is 0.460. The lowest BCUT2D eigenvalue weighted by molar-refractivity contribution is -1.01. The molecule has 1 heterocycles. The van der Waals surface area contributed by atoms with Crippen molar-refractivity contribution >= 4 is 28.3 Å². The van der Waals surface area contributed by atoms with Crippen LogP contribution in [0.5, 0.6) is 0 Å². The van der Waals surface area contributed by atoms with Gasteiger partial charge in [-0.3, -0.25) is 9.59 Å². The Labute approximate surface area is 182 Å². The van der Waals surface area contributed by atoms with Crippen LogP contribution >= 0.6 is 0 Å². The summed E-state index contributed by atoms with van der Waals surface area (Å²) in [6.07, 6.45) is 0. The molecule has 0 bridgehead atoms. The Morgan fingerprint density at radius 1 is 0.839 bits per heavy atom. The predicted molar refractivity (Wildman–Crippen MR) is 122 cm³/mol. The second-order valence-corrected chi connectivity index (χ2v) is 8.20. The second-order valence-electron chi connectivity index (χ2n) is 8.20. The van der Waals surface area contributed by atoms with Gasteiger partial charge in [0.2, 0.25) is 0 Å². The van der Waals surface area contributed by atoms with Crippen LogP contribution in [-0.2, 0) is 11.3 Å². The Balaban J connectivity index is 1.26.